The lowest BCUT2D eigenvalue weighted by Gasteiger charge is -2.20. The Hall–Kier alpha value is -0.730. The second-order valence-corrected chi connectivity index (χ2v) is 4.16. The van der Waals surface area contributed by atoms with Crippen LogP contribution in [0, 0.1) is 0 Å². The van der Waals surface area contributed by atoms with Gasteiger partial charge >= 0.3 is 0 Å². The highest BCUT2D eigenvalue weighted by molar-refractivity contribution is 6.22. The summed E-state index contributed by atoms with van der Waals surface area (Å²) in [5.41, 5.74) is 1.46. The van der Waals surface area contributed by atoms with Gasteiger partial charge in [0.25, 0.3) is 0 Å². The van der Waals surface area contributed by atoms with E-state index in [1.807, 2.05) is 30.3 Å². The van der Waals surface area contributed by atoms with Crippen molar-refractivity contribution in [3.63, 3.8) is 0 Å². The second-order valence-electron chi connectivity index (χ2n) is 3.62. The van der Waals surface area contributed by atoms with Crippen LogP contribution in [0.3, 0.4) is 0 Å². The highest BCUT2D eigenvalue weighted by Crippen LogP contribution is 2.29. The predicted molar refractivity (Wildman–Crippen MR) is 62.9 cm³/mol. The van der Waals surface area contributed by atoms with Gasteiger partial charge in [0, 0.05) is 6.42 Å². The molecule has 80 valence electrons. The van der Waals surface area contributed by atoms with E-state index in [1.54, 1.807) is 0 Å². The molecule has 0 amide bonds. The van der Waals surface area contributed by atoms with Crippen molar-refractivity contribution in [3.8, 4) is 0 Å². The highest BCUT2D eigenvalue weighted by atomic mass is 35.5. The number of oxime groups is 1. The summed E-state index contributed by atoms with van der Waals surface area (Å²) in [5, 5.41) is 4.05. The van der Waals surface area contributed by atoms with Gasteiger partial charge in [0.05, 0.1) is 17.5 Å². The molecule has 1 aliphatic rings. The van der Waals surface area contributed by atoms with Gasteiger partial charge < -0.3 is 4.84 Å². The van der Waals surface area contributed by atoms with Crippen molar-refractivity contribution in [1.29, 1.82) is 0 Å². The van der Waals surface area contributed by atoms with Crippen LogP contribution in [0.1, 0.15) is 12.0 Å². The van der Waals surface area contributed by atoms with E-state index in [0.717, 1.165) is 11.3 Å². The molecule has 0 radical (unpaired) electrons. The Morgan fingerprint density at radius 3 is 2.40 bits per heavy atom. The fourth-order valence-electron chi connectivity index (χ4n) is 1.49. The highest BCUT2D eigenvalue weighted by Gasteiger charge is 2.38. The Balaban J connectivity index is 2.16. The SMILES string of the molecule is ClCC1(CCl)CC(c2ccccc2)=NO1. The van der Waals surface area contributed by atoms with E-state index in [2.05, 4.69) is 5.16 Å². The van der Waals surface area contributed by atoms with Crippen LogP contribution in [-0.4, -0.2) is 23.1 Å². The van der Waals surface area contributed by atoms with Crippen LogP contribution in [0.4, 0.5) is 0 Å². The number of nitrogens with zero attached hydrogens (tertiary/aromatic N) is 1. The fraction of sp³-hybridized carbons (Fsp3) is 0.364. The van der Waals surface area contributed by atoms with Crippen LogP contribution in [0.5, 0.6) is 0 Å². The molecular formula is C11H11Cl2NO. The number of rotatable bonds is 3. The summed E-state index contributed by atoms with van der Waals surface area (Å²) in [4.78, 5) is 5.33. The van der Waals surface area contributed by atoms with Crippen LogP contribution in [0.2, 0.25) is 0 Å². The summed E-state index contributed by atoms with van der Waals surface area (Å²) in [5.74, 6) is 0.715. The van der Waals surface area contributed by atoms with Crippen LogP contribution in [0.15, 0.2) is 35.5 Å². The minimum atomic E-state index is -0.520. The number of halogens is 2. The lowest BCUT2D eigenvalue weighted by Crippen LogP contribution is -2.33. The number of alkyl halides is 2. The molecule has 0 unspecified atom stereocenters. The molecular weight excluding hydrogens is 233 g/mol. The molecule has 1 aromatic rings. The third kappa shape index (κ3) is 2.11. The van der Waals surface area contributed by atoms with Gasteiger partial charge in [-0.3, -0.25) is 0 Å². The standard InChI is InChI=1S/C11H11Cl2NO/c12-7-11(8-13)6-10(14-15-11)9-4-2-1-3-5-9/h1-5H,6-8H2. The van der Waals surface area contributed by atoms with Gasteiger partial charge in [-0.05, 0) is 5.56 Å². The van der Waals surface area contributed by atoms with Crippen molar-refractivity contribution in [2.24, 2.45) is 5.16 Å². The maximum atomic E-state index is 5.83. The van der Waals surface area contributed by atoms with Crippen molar-refractivity contribution in [1.82, 2.24) is 0 Å². The third-order valence-corrected chi connectivity index (χ3v) is 3.41. The van der Waals surface area contributed by atoms with Gasteiger partial charge in [-0.25, -0.2) is 0 Å². The summed E-state index contributed by atoms with van der Waals surface area (Å²) in [6.07, 6.45) is 0.671. The molecule has 0 atom stereocenters. The molecule has 1 heterocycles. The zero-order chi connectivity index (χ0) is 10.7. The molecule has 0 N–H and O–H groups in total. The maximum absolute atomic E-state index is 5.83. The molecule has 4 heteroatoms. The maximum Gasteiger partial charge on any atom is 0.170 e. The molecule has 0 aliphatic carbocycles. The first-order chi connectivity index (χ1) is 7.29. The van der Waals surface area contributed by atoms with Gasteiger partial charge in [0.15, 0.2) is 5.60 Å². The zero-order valence-corrected chi connectivity index (χ0v) is 9.63. The fourth-order valence-corrected chi connectivity index (χ4v) is 2.06. The second kappa shape index (κ2) is 4.42. The minimum absolute atomic E-state index is 0.357. The van der Waals surface area contributed by atoms with Crippen LogP contribution < -0.4 is 0 Å². The first-order valence-corrected chi connectivity index (χ1v) is 5.79. The smallest absolute Gasteiger partial charge is 0.170 e. The van der Waals surface area contributed by atoms with Crippen LogP contribution >= 0.6 is 23.2 Å². The lowest BCUT2D eigenvalue weighted by molar-refractivity contribution is 0.0181. The normalized spacial score (nSPS) is 18.4. The Kier molecular flexibility index (Phi) is 3.17. The first-order valence-electron chi connectivity index (χ1n) is 4.72. The molecule has 0 aromatic heterocycles. The van der Waals surface area contributed by atoms with E-state index in [1.165, 1.54) is 0 Å². The molecule has 15 heavy (non-hydrogen) atoms. The van der Waals surface area contributed by atoms with Gasteiger partial charge in [0.1, 0.15) is 0 Å². The van der Waals surface area contributed by atoms with E-state index in [-0.39, 0.29) is 0 Å². The molecule has 2 rings (SSSR count). The Bertz CT molecular complexity index is 360. The molecule has 0 bridgehead atoms. The molecule has 0 saturated carbocycles. The van der Waals surface area contributed by atoms with Gasteiger partial charge in [-0.15, -0.1) is 23.2 Å². The van der Waals surface area contributed by atoms with Crippen LogP contribution in [-0.2, 0) is 4.84 Å². The van der Waals surface area contributed by atoms with Crippen molar-refractivity contribution in [3.05, 3.63) is 35.9 Å². The molecule has 1 aliphatic heterocycles. The van der Waals surface area contributed by atoms with Crippen molar-refractivity contribution >= 4 is 28.9 Å². The average molecular weight is 244 g/mol. The predicted octanol–water partition coefficient (Wildman–Crippen LogP) is 3.03. The summed E-state index contributed by atoms with van der Waals surface area (Å²) < 4.78 is 0. The van der Waals surface area contributed by atoms with E-state index in [0.29, 0.717) is 18.2 Å². The van der Waals surface area contributed by atoms with Crippen molar-refractivity contribution in [2.45, 2.75) is 12.0 Å². The van der Waals surface area contributed by atoms with E-state index in [9.17, 15) is 0 Å². The quantitative estimate of drug-likeness (QED) is 0.749. The third-order valence-electron chi connectivity index (χ3n) is 2.43. The summed E-state index contributed by atoms with van der Waals surface area (Å²) in [6, 6.07) is 9.91. The number of benzene rings is 1. The van der Waals surface area contributed by atoms with Crippen molar-refractivity contribution < 1.29 is 4.84 Å². The number of hydrogen-bond donors (Lipinski definition) is 0. The Morgan fingerprint density at radius 1 is 1.20 bits per heavy atom. The first kappa shape index (κ1) is 10.8. The largest absolute Gasteiger partial charge is 0.386 e. The topological polar surface area (TPSA) is 21.6 Å². The molecule has 0 spiro atoms. The summed E-state index contributed by atoms with van der Waals surface area (Å²) >= 11 is 11.7. The summed E-state index contributed by atoms with van der Waals surface area (Å²) in [6.45, 7) is 0. The molecule has 1 aromatic carbocycles. The van der Waals surface area contributed by atoms with E-state index in [4.69, 9.17) is 28.0 Å². The van der Waals surface area contributed by atoms with Crippen molar-refractivity contribution in [2.75, 3.05) is 11.8 Å². The molecule has 0 fully saturated rings. The zero-order valence-electron chi connectivity index (χ0n) is 8.12. The minimum Gasteiger partial charge on any atom is -0.386 e. The van der Waals surface area contributed by atoms with E-state index >= 15 is 0 Å². The summed E-state index contributed by atoms with van der Waals surface area (Å²) in [7, 11) is 0. The van der Waals surface area contributed by atoms with Gasteiger partial charge in [0.2, 0.25) is 0 Å². The lowest BCUT2D eigenvalue weighted by atomic mass is 9.97. The monoisotopic (exact) mass is 243 g/mol. The van der Waals surface area contributed by atoms with E-state index < -0.39 is 5.60 Å². The molecule has 0 saturated heterocycles. The number of hydrogen-bond acceptors (Lipinski definition) is 2. The van der Waals surface area contributed by atoms with Gasteiger partial charge in [-0.1, -0.05) is 35.5 Å². The average Bonchev–Trinajstić information content (AvgIpc) is 2.75. The van der Waals surface area contributed by atoms with Gasteiger partial charge in [-0.2, -0.15) is 0 Å². The van der Waals surface area contributed by atoms with Crippen LogP contribution in [0.25, 0.3) is 0 Å². The molecule has 2 nitrogen and oxygen atoms in total. The Labute approximate surface area is 98.8 Å². The Morgan fingerprint density at radius 2 is 1.87 bits per heavy atom.